The van der Waals surface area contributed by atoms with Gasteiger partial charge in [-0.1, -0.05) is 18.2 Å². The molecule has 5 nitrogen and oxygen atoms in total. The van der Waals surface area contributed by atoms with Crippen LogP contribution in [0.1, 0.15) is 12.8 Å². The summed E-state index contributed by atoms with van der Waals surface area (Å²) in [7, 11) is 1.63. The van der Waals surface area contributed by atoms with E-state index in [1.54, 1.807) is 7.11 Å². The number of benzene rings is 2. The fourth-order valence-corrected chi connectivity index (χ4v) is 3.87. The Morgan fingerprint density at radius 3 is 2.37 bits per heavy atom. The van der Waals surface area contributed by atoms with Gasteiger partial charge in [0.2, 0.25) is 11.8 Å². The van der Waals surface area contributed by atoms with Gasteiger partial charge in [-0.3, -0.25) is 9.59 Å². The molecule has 0 spiro atoms. The van der Waals surface area contributed by atoms with E-state index in [4.69, 9.17) is 4.74 Å². The molecule has 0 unspecified atom stereocenters. The number of likely N-dealkylation sites (tertiary alicyclic amines) is 1. The Balaban J connectivity index is 1.42. The van der Waals surface area contributed by atoms with Crippen molar-refractivity contribution in [3.8, 4) is 5.75 Å². The number of ether oxygens (including phenoxy) is 1. The fourth-order valence-electron chi connectivity index (χ4n) is 3.07. The number of para-hydroxylation sites is 1. The largest absolute Gasteiger partial charge is 0.497 e. The second-order valence-corrected chi connectivity index (χ2v) is 7.52. The monoisotopic (exact) mass is 384 g/mol. The summed E-state index contributed by atoms with van der Waals surface area (Å²) >= 11 is 1.52. The number of carbonyl (C=O) groups excluding carboxylic acids is 2. The van der Waals surface area contributed by atoms with Crippen LogP contribution in [0.25, 0.3) is 0 Å². The first kappa shape index (κ1) is 19.3. The number of rotatable bonds is 6. The zero-order chi connectivity index (χ0) is 19.1. The van der Waals surface area contributed by atoms with Crippen LogP contribution in [0.4, 0.5) is 5.69 Å². The van der Waals surface area contributed by atoms with Crippen LogP contribution < -0.4 is 10.1 Å². The van der Waals surface area contributed by atoms with E-state index in [1.807, 2.05) is 59.5 Å². The lowest BCUT2D eigenvalue weighted by molar-refractivity contribution is -0.132. The van der Waals surface area contributed by atoms with Gasteiger partial charge in [-0.25, -0.2) is 0 Å². The van der Waals surface area contributed by atoms with Crippen molar-refractivity contribution in [3.63, 3.8) is 0 Å². The molecule has 0 atom stereocenters. The summed E-state index contributed by atoms with van der Waals surface area (Å²) < 4.78 is 5.14. The summed E-state index contributed by atoms with van der Waals surface area (Å²) in [6.07, 6.45) is 1.41. The molecular formula is C21H24N2O3S. The molecule has 6 heteroatoms. The Kier molecular flexibility index (Phi) is 6.76. The second-order valence-electron chi connectivity index (χ2n) is 6.47. The predicted molar refractivity (Wildman–Crippen MR) is 108 cm³/mol. The van der Waals surface area contributed by atoms with Crippen LogP contribution in [-0.2, 0) is 9.59 Å². The molecule has 0 saturated carbocycles. The van der Waals surface area contributed by atoms with Crippen molar-refractivity contribution in [1.82, 2.24) is 4.90 Å². The van der Waals surface area contributed by atoms with Gasteiger partial charge in [0.05, 0.1) is 12.9 Å². The molecule has 1 aliphatic rings. The average molecular weight is 385 g/mol. The number of piperidine rings is 1. The maximum absolute atomic E-state index is 12.4. The van der Waals surface area contributed by atoms with E-state index in [1.165, 1.54) is 11.8 Å². The molecule has 142 valence electrons. The highest BCUT2D eigenvalue weighted by Gasteiger charge is 2.27. The molecule has 1 aliphatic heterocycles. The minimum atomic E-state index is -0.0384. The van der Waals surface area contributed by atoms with Crippen LogP contribution in [0.15, 0.2) is 59.5 Å². The molecule has 2 aromatic rings. The van der Waals surface area contributed by atoms with Crippen molar-refractivity contribution in [1.29, 1.82) is 0 Å². The number of methoxy groups -OCH3 is 1. The third-order valence-corrected chi connectivity index (χ3v) is 5.68. The van der Waals surface area contributed by atoms with Crippen molar-refractivity contribution in [3.05, 3.63) is 54.6 Å². The van der Waals surface area contributed by atoms with Gasteiger partial charge >= 0.3 is 0 Å². The number of carbonyl (C=O) groups is 2. The summed E-state index contributed by atoms with van der Waals surface area (Å²) in [4.78, 5) is 27.7. The second kappa shape index (κ2) is 9.46. The number of anilines is 1. The highest BCUT2D eigenvalue weighted by molar-refractivity contribution is 8.00. The Morgan fingerprint density at radius 2 is 1.74 bits per heavy atom. The van der Waals surface area contributed by atoms with Gasteiger partial charge in [0, 0.05) is 29.6 Å². The van der Waals surface area contributed by atoms with Gasteiger partial charge in [0.1, 0.15) is 5.75 Å². The average Bonchev–Trinajstić information content (AvgIpc) is 2.73. The van der Waals surface area contributed by atoms with Crippen LogP contribution >= 0.6 is 11.8 Å². The Hall–Kier alpha value is -2.47. The molecule has 2 aromatic carbocycles. The Bertz CT molecular complexity index is 757. The molecular weight excluding hydrogens is 360 g/mol. The molecule has 1 fully saturated rings. The van der Waals surface area contributed by atoms with E-state index >= 15 is 0 Å². The van der Waals surface area contributed by atoms with Gasteiger partial charge in [-0.2, -0.15) is 0 Å². The minimum absolute atomic E-state index is 0.0384. The predicted octanol–water partition coefficient (Wildman–Crippen LogP) is 3.66. The van der Waals surface area contributed by atoms with Crippen LogP contribution in [0.3, 0.4) is 0 Å². The maximum Gasteiger partial charge on any atom is 0.232 e. The van der Waals surface area contributed by atoms with Gasteiger partial charge in [0.15, 0.2) is 0 Å². The topological polar surface area (TPSA) is 58.6 Å². The van der Waals surface area contributed by atoms with E-state index in [9.17, 15) is 9.59 Å². The van der Waals surface area contributed by atoms with E-state index < -0.39 is 0 Å². The zero-order valence-electron chi connectivity index (χ0n) is 15.4. The van der Waals surface area contributed by atoms with Crippen LogP contribution in [0.5, 0.6) is 5.75 Å². The molecule has 1 N–H and O–H groups in total. The lowest BCUT2D eigenvalue weighted by Gasteiger charge is -2.31. The molecule has 0 aliphatic carbocycles. The van der Waals surface area contributed by atoms with Gasteiger partial charge < -0.3 is 15.0 Å². The Labute approximate surface area is 164 Å². The Morgan fingerprint density at radius 1 is 1.07 bits per heavy atom. The normalized spacial score (nSPS) is 14.6. The molecule has 27 heavy (non-hydrogen) atoms. The highest BCUT2D eigenvalue weighted by atomic mass is 32.2. The summed E-state index contributed by atoms with van der Waals surface area (Å²) in [5.41, 5.74) is 0.817. The molecule has 2 amide bonds. The first-order valence-electron chi connectivity index (χ1n) is 9.06. The number of nitrogens with zero attached hydrogens (tertiary/aromatic N) is 1. The summed E-state index contributed by atoms with van der Waals surface area (Å²) in [6.45, 7) is 1.27. The molecule has 0 aromatic heterocycles. The van der Waals surface area contributed by atoms with Crippen molar-refractivity contribution >= 4 is 29.3 Å². The number of hydrogen-bond donors (Lipinski definition) is 1. The van der Waals surface area contributed by atoms with Crippen LogP contribution in [0.2, 0.25) is 0 Å². The van der Waals surface area contributed by atoms with Gasteiger partial charge in [0.25, 0.3) is 0 Å². The SMILES string of the molecule is COc1ccc(SCC(=O)N2CCC(C(=O)Nc3ccccc3)CC2)cc1. The summed E-state index contributed by atoms with van der Waals surface area (Å²) in [5.74, 6) is 1.34. The standard InChI is InChI=1S/C21H24N2O3S/c1-26-18-7-9-19(10-8-18)27-15-20(24)23-13-11-16(12-14-23)21(25)22-17-5-3-2-4-6-17/h2-10,16H,11-15H2,1H3,(H,22,25). The van der Waals surface area contributed by atoms with Crippen molar-refractivity contribution in [2.45, 2.75) is 17.7 Å². The van der Waals surface area contributed by atoms with Crippen molar-refractivity contribution < 1.29 is 14.3 Å². The van der Waals surface area contributed by atoms with Crippen LogP contribution in [-0.4, -0.2) is 42.7 Å². The maximum atomic E-state index is 12.4. The molecule has 0 bridgehead atoms. The zero-order valence-corrected chi connectivity index (χ0v) is 16.2. The number of thioether (sulfide) groups is 1. The fraction of sp³-hybridized carbons (Fsp3) is 0.333. The van der Waals surface area contributed by atoms with Crippen LogP contribution in [0, 0.1) is 5.92 Å². The number of hydrogen-bond acceptors (Lipinski definition) is 4. The van der Waals surface area contributed by atoms with E-state index in [-0.39, 0.29) is 17.7 Å². The number of nitrogens with one attached hydrogen (secondary N) is 1. The lowest BCUT2D eigenvalue weighted by Crippen LogP contribution is -2.42. The lowest BCUT2D eigenvalue weighted by atomic mass is 9.96. The first-order chi connectivity index (χ1) is 13.2. The van der Waals surface area contributed by atoms with E-state index in [0.717, 1.165) is 16.3 Å². The van der Waals surface area contributed by atoms with Crippen molar-refractivity contribution in [2.24, 2.45) is 5.92 Å². The summed E-state index contributed by atoms with van der Waals surface area (Å²) in [5, 5.41) is 2.95. The van der Waals surface area contributed by atoms with E-state index in [0.29, 0.717) is 31.7 Å². The smallest absolute Gasteiger partial charge is 0.232 e. The minimum Gasteiger partial charge on any atom is -0.497 e. The highest BCUT2D eigenvalue weighted by Crippen LogP contribution is 2.24. The molecule has 1 saturated heterocycles. The molecule has 3 rings (SSSR count). The van der Waals surface area contributed by atoms with Gasteiger partial charge in [-0.05, 0) is 49.2 Å². The van der Waals surface area contributed by atoms with E-state index in [2.05, 4.69) is 5.32 Å². The van der Waals surface area contributed by atoms with Crippen molar-refractivity contribution in [2.75, 3.05) is 31.3 Å². The summed E-state index contributed by atoms with van der Waals surface area (Å²) in [6, 6.07) is 17.2. The third kappa shape index (κ3) is 5.50. The molecule has 1 heterocycles. The number of amides is 2. The quantitative estimate of drug-likeness (QED) is 0.772. The first-order valence-corrected chi connectivity index (χ1v) is 10.0. The third-order valence-electron chi connectivity index (χ3n) is 4.68. The van der Waals surface area contributed by atoms with Gasteiger partial charge in [-0.15, -0.1) is 11.8 Å². The molecule has 0 radical (unpaired) electrons.